The number of halogens is 1. The van der Waals surface area contributed by atoms with Gasteiger partial charge in [-0.15, -0.1) is 0 Å². The van der Waals surface area contributed by atoms with Gasteiger partial charge in [-0.2, -0.15) is 0 Å². The zero-order valence-electron chi connectivity index (χ0n) is 10.3. The number of amides is 2. The van der Waals surface area contributed by atoms with Crippen LogP contribution in [-0.4, -0.2) is 12.6 Å². The van der Waals surface area contributed by atoms with Crippen molar-refractivity contribution in [1.82, 2.24) is 0 Å². The third kappa shape index (κ3) is 2.58. The second-order valence-corrected chi connectivity index (χ2v) is 5.71. The fourth-order valence-electron chi connectivity index (χ4n) is 2.27. The van der Waals surface area contributed by atoms with E-state index in [9.17, 15) is 4.79 Å². The van der Waals surface area contributed by atoms with Crippen LogP contribution in [0.15, 0.2) is 48.5 Å². The topological polar surface area (TPSA) is 32.3 Å². The molecule has 1 aliphatic rings. The minimum Gasteiger partial charge on any atom is -0.307 e. The molecule has 19 heavy (non-hydrogen) atoms. The molecule has 0 spiro atoms. The molecule has 0 atom stereocenters. The van der Waals surface area contributed by atoms with Crippen molar-refractivity contribution < 1.29 is 4.79 Å². The molecule has 0 bridgehead atoms. The van der Waals surface area contributed by atoms with Crippen LogP contribution in [0.3, 0.4) is 0 Å². The summed E-state index contributed by atoms with van der Waals surface area (Å²) < 4.78 is 1.13. The Kier molecular flexibility index (Phi) is 3.42. The molecule has 1 aliphatic heterocycles. The zero-order valence-corrected chi connectivity index (χ0v) is 12.4. The monoisotopic (exact) mass is 364 g/mol. The number of carbonyl (C=O) groups excluding carboxylic acids is 1. The first-order valence-electron chi connectivity index (χ1n) is 6.16. The van der Waals surface area contributed by atoms with Gasteiger partial charge in [0, 0.05) is 21.5 Å². The molecule has 2 amide bonds. The van der Waals surface area contributed by atoms with Gasteiger partial charge in [-0.25, -0.2) is 4.79 Å². The first-order chi connectivity index (χ1) is 9.24. The Balaban J connectivity index is 1.93. The van der Waals surface area contributed by atoms with E-state index < -0.39 is 0 Å². The van der Waals surface area contributed by atoms with Crippen LogP contribution in [0, 0.1) is 3.57 Å². The maximum Gasteiger partial charge on any atom is 0.326 e. The number of anilines is 2. The number of fused-ring (bicyclic) bond motifs is 1. The van der Waals surface area contributed by atoms with Gasteiger partial charge in [0.1, 0.15) is 0 Å². The Morgan fingerprint density at radius 3 is 2.79 bits per heavy atom. The molecule has 96 valence electrons. The average molecular weight is 364 g/mol. The summed E-state index contributed by atoms with van der Waals surface area (Å²) in [6, 6.07) is 15.9. The van der Waals surface area contributed by atoms with E-state index in [1.807, 2.05) is 42.5 Å². The van der Waals surface area contributed by atoms with Crippen molar-refractivity contribution in [2.24, 2.45) is 0 Å². The quantitative estimate of drug-likeness (QED) is 0.766. The summed E-state index contributed by atoms with van der Waals surface area (Å²) in [5.74, 6) is 0. The predicted molar refractivity (Wildman–Crippen MR) is 85.7 cm³/mol. The molecule has 3 nitrogen and oxygen atoms in total. The highest BCUT2D eigenvalue weighted by Gasteiger charge is 2.20. The Labute approximate surface area is 125 Å². The van der Waals surface area contributed by atoms with Crippen molar-refractivity contribution in [2.45, 2.75) is 6.42 Å². The van der Waals surface area contributed by atoms with Gasteiger partial charge in [0.25, 0.3) is 0 Å². The van der Waals surface area contributed by atoms with Crippen molar-refractivity contribution in [3.8, 4) is 0 Å². The number of rotatable bonds is 1. The third-order valence-corrected chi connectivity index (χ3v) is 3.90. The van der Waals surface area contributed by atoms with Crippen LogP contribution in [0.5, 0.6) is 0 Å². The number of benzene rings is 2. The first-order valence-corrected chi connectivity index (χ1v) is 7.24. The van der Waals surface area contributed by atoms with E-state index >= 15 is 0 Å². The third-order valence-electron chi connectivity index (χ3n) is 3.23. The lowest BCUT2D eigenvalue weighted by molar-refractivity contribution is 0.257. The largest absolute Gasteiger partial charge is 0.326 e. The molecule has 0 saturated carbocycles. The number of nitrogens with zero attached hydrogens (tertiary/aromatic N) is 1. The lowest BCUT2D eigenvalue weighted by Crippen LogP contribution is -2.34. The molecule has 0 unspecified atom stereocenters. The van der Waals surface area contributed by atoms with Crippen LogP contribution in [0.1, 0.15) is 5.56 Å². The van der Waals surface area contributed by atoms with Crippen LogP contribution in [0.2, 0.25) is 0 Å². The molecule has 0 aromatic heterocycles. The SMILES string of the molecule is O=C1Nc2ccccc2CCN1c1cccc(I)c1. The number of urea groups is 1. The van der Waals surface area contributed by atoms with E-state index in [-0.39, 0.29) is 6.03 Å². The summed E-state index contributed by atoms with van der Waals surface area (Å²) in [4.78, 5) is 14.1. The smallest absolute Gasteiger partial charge is 0.307 e. The normalized spacial score (nSPS) is 14.6. The van der Waals surface area contributed by atoms with Crippen LogP contribution < -0.4 is 10.2 Å². The second kappa shape index (κ2) is 5.21. The molecule has 0 aliphatic carbocycles. The van der Waals surface area contributed by atoms with Crippen LogP contribution in [0.25, 0.3) is 0 Å². The molecule has 4 heteroatoms. The molecule has 2 aromatic rings. The Hall–Kier alpha value is -1.56. The van der Waals surface area contributed by atoms with Crippen molar-refractivity contribution >= 4 is 40.0 Å². The molecular formula is C15H13IN2O. The van der Waals surface area contributed by atoms with Crippen molar-refractivity contribution in [3.05, 3.63) is 57.7 Å². The predicted octanol–water partition coefficient (Wildman–Crippen LogP) is 3.89. The summed E-state index contributed by atoms with van der Waals surface area (Å²) in [5.41, 5.74) is 3.04. The van der Waals surface area contributed by atoms with Crippen LogP contribution in [0.4, 0.5) is 16.2 Å². The van der Waals surface area contributed by atoms with Gasteiger partial charge in [0.05, 0.1) is 0 Å². The number of carbonyl (C=O) groups is 1. The second-order valence-electron chi connectivity index (χ2n) is 4.47. The number of hydrogen-bond acceptors (Lipinski definition) is 1. The van der Waals surface area contributed by atoms with Gasteiger partial charge >= 0.3 is 6.03 Å². The minimum absolute atomic E-state index is 0.0630. The van der Waals surface area contributed by atoms with Gasteiger partial charge in [0.15, 0.2) is 0 Å². The first kappa shape index (κ1) is 12.5. The number of para-hydroxylation sites is 1. The molecular weight excluding hydrogens is 351 g/mol. The highest BCUT2D eigenvalue weighted by molar-refractivity contribution is 14.1. The molecule has 0 saturated heterocycles. The summed E-state index contributed by atoms with van der Waals surface area (Å²) in [7, 11) is 0. The lowest BCUT2D eigenvalue weighted by Gasteiger charge is -2.20. The van der Waals surface area contributed by atoms with Crippen LogP contribution in [-0.2, 0) is 6.42 Å². The van der Waals surface area contributed by atoms with Gasteiger partial charge in [-0.3, -0.25) is 4.90 Å². The average Bonchev–Trinajstić information content (AvgIpc) is 2.57. The standard InChI is InChI=1S/C15H13IN2O/c16-12-5-3-6-13(10-12)18-9-8-11-4-1-2-7-14(11)17-15(18)19/h1-7,10H,8-9H2,(H,17,19). The Morgan fingerprint density at radius 2 is 1.95 bits per heavy atom. The van der Waals surface area contributed by atoms with Crippen molar-refractivity contribution in [3.63, 3.8) is 0 Å². The highest BCUT2D eigenvalue weighted by atomic mass is 127. The summed E-state index contributed by atoms with van der Waals surface area (Å²) in [6.45, 7) is 0.697. The summed E-state index contributed by atoms with van der Waals surface area (Å²) >= 11 is 2.26. The Morgan fingerprint density at radius 1 is 1.11 bits per heavy atom. The summed E-state index contributed by atoms with van der Waals surface area (Å²) in [5, 5.41) is 2.97. The molecule has 3 rings (SSSR count). The zero-order chi connectivity index (χ0) is 13.2. The molecule has 1 N–H and O–H groups in total. The van der Waals surface area contributed by atoms with E-state index in [0.29, 0.717) is 6.54 Å². The highest BCUT2D eigenvalue weighted by Crippen LogP contribution is 2.24. The fraction of sp³-hybridized carbons (Fsp3) is 0.133. The van der Waals surface area contributed by atoms with E-state index in [2.05, 4.69) is 34.0 Å². The maximum atomic E-state index is 12.3. The fourth-order valence-corrected chi connectivity index (χ4v) is 2.79. The molecule has 0 radical (unpaired) electrons. The van der Waals surface area contributed by atoms with E-state index in [1.54, 1.807) is 4.90 Å². The van der Waals surface area contributed by atoms with Crippen molar-refractivity contribution in [2.75, 3.05) is 16.8 Å². The van der Waals surface area contributed by atoms with Crippen molar-refractivity contribution in [1.29, 1.82) is 0 Å². The van der Waals surface area contributed by atoms with Gasteiger partial charge in [0.2, 0.25) is 0 Å². The Bertz CT molecular complexity index is 627. The van der Waals surface area contributed by atoms with Gasteiger partial charge in [-0.1, -0.05) is 24.3 Å². The lowest BCUT2D eigenvalue weighted by atomic mass is 10.1. The van der Waals surface area contributed by atoms with Gasteiger partial charge in [-0.05, 0) is 58.8 Å². The number of hydrogen-bond donors (Lipinski definition) is 1. The minimum atomic E-state index is -0.0630. The molecule has 2 aromatic carbocycles. The molecule has 1 heterocycles. The summed E-state index contributed by atoms with van der Waals surface area (Å²) in [6.07, 6.45) is 0.861. The van der Waals surface area contributed by atoms with Gasteiger partial charge < -0.3 is 5.32 Å². The van der Waals surface area contributed by atoms with E-state index in [1.165, 1.54) is 5.56 Å². The van der Waals surface area contributed by atoms with E-state index in [0.717, 1.165) is 21.4 Å². The number of nitrogens with one attached hydrogen (secondary N) is 1. The maximum absolute atomic E-state index is 12.3. The molecule has 0 fully saturated rings. The van der Waals surface area contributed by atoms with E-state index in [4.69, 9.17) is 0 Å². The van der Waals surface area contributed by atoms with Crippen LogP contribution >= 0.6 is 22.6 Å².